The lowest BCUT2D eigenvalue weighted by molar-refractivity contribution is -0.314. The summed E-state index contributed by atoms with van der Waals surface area (Å²) in [6.07, 6.45) is -7.18. The molecule has 2 aliphatic rings. The summed E-state index contributed by atoms with van der Waals surface area (Å²) < 4.78 is 11.3. The smallest absolute Gasteiger partial charge is 0.187 e. The van der Waals surface area contributed by atoms with Crippen molar-refractivity contribution in [2.45, 2.75) is 64.0 Å². The first kappa shape index (κ1) is 21.3. The van der Waals surface area contributed by atoms with Crippen molar-refractivity contribution in [3.63, 3.8) is 0 Å². The van der Waals surface area contributed by atoms with E-state index < -0.39 is 49.3 Å². The fraction of sp³-hybridized carbons (Fsp3) is 0.650. The van der Waals surface area contributed by atoms with Crippen molar-refractivity contribution in [2.75, 3.05) is 13.2 Å². The molecule has 1 aliphatic heterocycles. The summed E-state index contributed by atoms with van der Waals surface area (Å²) in [5, 5.41) is 48.8. The van der Waals surface area contributed by atoms with Gasteiger partial charge in [0.15, 0.2) is 12.1 Å². The van der Waals surface area contributed by atoms with Gasteiger partial charge in [-0.05, 0) is 42.5 Å². The van der Waals surface area contributed by atoms with Crippen molar-refractivity contribution >= 4 is 5.78 Å². The minimum absolute atomic E-state index is 0.0188. The Morgan fingerprint density at radius 3 is 2.39 bits per heavy atom. The molecule has 0 saturated carbocycles. The molecular formula is C20H28O8. The molecule has 1 aliphatic carbocycles. The Morgan fingerprint density at radius 2 is 1.79 bits per heavy atom. The molecule has 0 bridgehead atoms. The topological polar surface area (TPSA) is 137 Å². The average molecular weight is 396 g/mol. The van der Waals surface area contributed by atoms with Gasteiger partial charge in [0.2, 0.25) is 0 Å². The summed E-state index contributed by atoms with van der Waals surface area (Å²) >= 11 is 0. The number of ketones is 1. The third-order valence-electron chi connectivity index (χ3n) is 5.88. The molecule has 0 spiro atoms. The number of carbonyl (C=O) groups is 1. The van der Waals surface area contributed by atoms with Crippen LogP contribution in [0, 0.1) is 19.8 Å². The first-order chi connectivity index (χ1) is 13.2. The van der Waals surface area contributed by atoms with E-state index in [-0.39, 0.29) is 12.4 Å². The third kappa shape index (κ3) is 3.39. The maximum Gasteiger partial charge on any atom is 0.187 e. The fourth-order valence-corrected chi connectivity index (χ4v) is 4.25. The van der Waals surface area contributed by atoms with Crippen molar-refractivity contribution in [3.8, 4) is 0 Å². The number of fused-ring (bicyclic) bond motifs is 1. The van der Waals surface area contributed by atoms with E-state index in [1.54, 1.807) is 6.92 Å². The standard InChI is InChI=1S/C20H28O8/c1-8-6-12-14(9(2)11(8)4-5-21)15(23)10(3)19(12)28-20-18(26)17(25)16(24)13(7-22)27-20/h6,10,13,16-22,24-26H,4-5,7H2,1-3H3/t10-,13-,16-,17+,18-,19+,20+/m1/s1. The van der Waals surface area contributed by atoms with Crippen LogP contribution in [0.3, 0.4) is 0 Å². The van der Waals surface area contributed by atoms with Gasteiger partial charge >= 0.3 is 0 Å². The number of aryl methyl sites for hydroxylation is 1. The van der Waals surface area contributed by atoms with Gasteiger partial charge in [-0.25, -0.2) is 0 Å². The Hall–Kier alpha value is -1.39. The first-order valence-electron chi connectivity index (χ1n) is 9.46. The van der Waals surface area contributed by atoms with Gasteiger partial charge in [0.05, 0.1) is 18.6 Å². The van der Waals surface area contributed by atoms with Gasteiger partial charge in [-0.15, -0.1) is 0 Å². The molecule has 7 atom stereocenters. The molecule has 0 radical (unpaired) electrons. The highest BCUT2D eigenvalue weighted by Crippen LogP contribution is 2.43. The Morgan fingerprint density at radius 1 is 1.11 bits per heavy atom. The summed E-state index contributed by atoms with van der Waals surface area (Å²) in [6.45, 7) is 4.89. The maximum absolute atomic E-state index is 12.9. The number of ether oxygens (including phenoxy) is 2. The minimum Gasteiger partial charge on any atom is -0.396 e. The zero-order valence-electron chi connectivity index (χ0n) is 16.2. The number of aliphatic hydroxyl groups excluding tert-OH is 5. The van der Waals surface area contributed by atoms with Crippen LogP contribution in [0.4, 0.5) is 0 Å². The highest BCUT2D eigenvalue weighted by molar-refractivity contribution is 6.04. The van der Waals surface area contributed by atoms with E-state index >= 15 is 0 Å². The van der Waals surface area contributed by atoms with E-state index in [2.05, 4.69) is 0 Å². The molecule has 0 aromatic heterocycles. The molecule has 8 heteroatoms. The Bertz CT molecular complexity index is 746. The molecule has 1 aromatic carbocycles. The second-order valence-corrected chi connectivity index (χ2v) is 7.64. The van der Waals surface area contributed by atoms with Crippen LogP contribution in [0.15, 0.2) is 6.07 Å². The molecule has 0 amide bonds. The van der Waals surface area contributed by atoms with Crippen LogP contribution in [0.2, 0.25) is 0 Å². The molecule has 28 heavy (non-hydrogen) atoms. The van der Waals surface area contributed by atoms with E-state index in [0.717, 1.165) is 16.7 Å². The number of hydrogen-bond acceptors (Lipinski definition) is 8. The first-order valence-corrected chi connectivity index (χ1v) is 9.46. The van der Waals surface area contributed by atoms with Gasteiger partial charge in [0.25, 0.3) is 0 Å². The number of Topliss-reactive ketones (excluding diaryl/α,β-unsaturated/α-hetero) is 1. The predicted octanol–water partition coefficient (Wildman–Crippen LogP) is -0.472. The molecule has 3 rings (SSSR count). The highest BCUT2D eigenvalue weighted by Gasteiger charge is 2.48. The molecular weight excluding hydrogens is 368 g/mol. The van der Waals surface area contributed by atoms with Crippen LogP contribution in [0.5, 0.6) is 0 Å². The average Bonchev–Trinajstić information content (AvgIpc) is 2.89. The molecule has 156 valence electrons. The Kier molecular flexibility index (Phi) is 6.21. The molecule has 8 nitrogen and oxygen atoms in total. The SMILES string of the molecule is Cc1cc2c(c(C)c1CCO)C(=O)[C@@H](C)[C@@H]2O[C@@H]1O[C@H](CO)[C@@H](O)[C@H](O)[C@H]1O. The molecule has 1 heterocycles. The lowest BCUT2D eigenvalue weighted by Crippen LogP contribution is -2.59. The second kappa shape index (κ2) is 8.16. The molecule has 1 saturated heterocycles. The van der Waals surface area contributed by atoms with Crippen LogP contribution in [-0.2, 0) is 15.9 Å². The van der Waals surface area contributed by atoms with Crippen molar-refractivity contribution < 1.29 is 39.8 Å². The maximum atomic E-state index is 12.9. The Labute approximate surface area is 163 Å². The van der Waals surface area contributed by atoms with Crippen LogP contribution in [0.25, 0.3) is 0 Å². The summed E-state index contributed by atoms with van der Waals surface area (Å²) in [7, 11) is 0. The normalized spacial score (nSPS) is 35.3. The lowest BCUT2D eigenvalue weighted by Gasteiger charge is -2.41. The van der Waals surface area contributed by atoms with E-state index in [0.29, 0.717) is 17.5 Å². The van der Waals surface area contributed by atoms with Crippen molar-refractivity contribution in [3.05, 3.63) is 33.9 Å². The van der Waals surface area contributed by atoms with Crippen molar-refractivity contribution in [2.24, 2.45) is 5.92 Å². The number of benzene rings is 1. The third-order valence-corrected chi connectivity index (χ3v) is 5.88. The van der Waals surface area contributed by atoms with Crippen LogP contribution in [-0.4, -0.2) is 75.2 Å². The largest absolute Gasteiger partial charge is 0.396 e. The van der Waals surface area contributed by atoms with Crippen LogP contribution < -0.4 is 0 Å². The Balaban J connectivity index is 1.94. The summed E-state index contributed by atoms with van der Waals surface area (Å²) in [5.74, 6) is -0.633. The van der Waals surface area contributed by atoms with Gasteiger partial charge in [0, 0.05) is 12.2 Å². The van der Waals surface area contributed by atoms with Crippen LogP contribution >= 0.6 is 0 Å². The van der Waals surface area contributed by atoms with Gasteiger partial charge in [0.1, 0.15) is 24.4 Å². The quantitative estimate of drug-likeness (QED) is 0.451. The van der Waals surface area contributed by atoms with Crippen molar-refractivity contribution in [1.29, 1.82) is 0 Å². The number of carbonyl (C=O) groups excluding carboxylic acids is 1. The minimum atomic E-state index is -1.54. The van der Waals surface area contributed by atoms with Gasteiger partial charge in [-0.3, -0.25) is 4.79 Å². The molecule has 0 unspecified atom stereocenters. The molecule has 5 N–H and O–H groups in total. The lowest BCUT2D eigenvalue weighted by atomic mass is 9.92. The summed E-state index contributed by atoms with van der Waals surface area (Å²) in [4.78, 5) is 12.9. The fourth-order valence-electron chi connectivity index (χ4n) is 4.25. The zero-order chi connectivity index (χ0) is 20.7. The van der Waals surface area contributed by atoms with E-state index in [4.69, 9.17) is 9.47 Å². The van der Waals surface area contributed by atoms with E-state index in [1.165, 1.54) is 0 Å². The summed E-state index contributed by atoms with van der Waals surface area (Å²) in [6, 6.07) is 1.85. The summed E-state index contributed by atoms with van der Waals surface area (Å²) in [5.41, 5.74) is 3.88. The molecule has 1 aromatic rings. The highest BCUT2D eigenvalue weighted by atomic mass is 16.7. The predicted molar refractivity (Wildman–Crippen MR) is 97.8 cm³/mol. The van der Waals surface area contributed by atoms with E-state index in [1.807, 2.05) is 19.9 Å². The van der Waals surface area contributed by atoms with Crippen LogP contribution in [0.1, 0.15) is 45.6 Å². The number of hydrogen-bond donors (Lipinski definition) is 5. The van der Waals surface area contributed by atoms with Gasteiger partial charge in [-0.1, -0.05) is 13.0 Å². The molecule has 1 fully saturated rings. The number of aliphatic hydroxyl groups is 5. The van der Waals surface area contributed by atoms with Gasteiger partial charge in [-0.2, -0.15) is 0 Å². The van der Waals surface area contributed by atoms with Gasteiger partial charge < -0.3 is 35.0 Å². The monoisotopic (exact) mass is 396 g/mol. The van der Waals surface area contributed by atoms with Crippen molar-refractivity contribution in [1.82, 2.24) is 0 Å². The van der Waals surface area contributed by atoms with E-state index in [9.17, 15) is 30.3 Å². The second-order valence-electron chi connectivity index (χ2n) is 7.64. The number of rotatable bonds is 5. The zero-order valence-corrected chi connectivity index (χ0v) is 16.2.